The molecule has 0 spiro atoms. The largest absolute Gasteiger partial charge is 0.352 e. The number of hydrogen-bond donors (Lipinski definition) is 3. The Kier molecular flexibility index (Phi) is 5.87. The zero-order chi connectivity index (χ0) is 13.4. The number of benzene rings is 1. The highest BCUT2D eigenvalue weighted by molar-refractivity contribution is 5.94. The molecule has 0 radical (unpaired) electrons. The first-order chi connectivity index (χ1) is 8.67. The molecule has 0 heterocycles. The van der Waals surface area contributed by atoms with Crippen LogP contribution >= 0.6 is 0 Å². The second-order valence-corrected chi connectivity index (χ2v) is 3.86. The van der Waals surface area contributed by atoms with Crippen molar-refractivity contribution in [2.75, 3.05) is 20.1 Å². The molecule has 0 aliphatic heterocycles. The molecule has 0 aliphatic rings. The molecule has 2 amide bonds. The van der Waals surface area contributed by atoms with Gasteiger partial charge in [-0.3, -0.25) is 9.59 Å². The Hall–Kier alpha value is -1.88. The van der Waals surface area contributed by atoms with Crippen LogP contribution < -0.4 is 16.0 Å². The van der Waals surface area contributed by atoms with Crippen molar-refractivity contribution in [3.63, 3.8) is 0 Å². The van der Waals surface area contributed by atoms with E-state index in [0.717, 1.165) is 5.56 Å². The molecule has 1 rings (SSSR count). The van der Waals surface area contributed by atoms with Crippen molar-refractivity contribution >= 4 is 11.8 Å². The van der Waals surface area contributed by atoms with Gasteiger partial charge in [0.05, 0.1) is 6.54 Å². The van der Waals surface area contributed by atoms with Crippen LogP contribution in [0, 0.1) is 0 Å². The van der Waals surface area contributed by atoms with Crippen LogP contribution in [0.5, 0.6) is 0 Å². The molecule has 0 unspecified atom stereocenters. The van der Waals surface area contributed by atoms with Gasteiger partial charge in [0.15, 0.2) is 0 Å². The molecule has 0 aromatic heterocycles. The number of rotatable bonds is 6. The molecule has 0 fully saturated rings. The summed E-state index contributed by atoms with van der Waals surface area (Å²) in [5.74, 6) is -0.131. The molecule has 0 saturated carbocycles. The molecule has 5 heteroatoms. The summed E-state index contributed by atoms with van der Waals surface area (Å²) in [6.07, 6.45) is 0. The highest BCUT2D eigenvalue weighted by Crippen LogP contribution is 2.04. The van der Waals surface area contributed by atoms with Gasteiger partial charge in [-0.15, -0.1) is 0 Å². The summed E-state index contributed by atoms with van der Waals surface area (Å²) in [5, 5.41) is 8.28. The predicted octanol–water partition coefficient (Wildman–Crippen LogP) is 0.272. The normalized spacial score (nSPS) is 9.89. The number of likely N-dealkylation sites (N-methyl/N-ethyl adjacent to an activating group) is 1. The first kappa shape index (κ1) is 14.2. The van der Waals surface area contributed by atoms with Gasteiger partial charge in [-0.1, -0.05) is 12.1 Å². The van der Waals surface area contributed by atoms with Crippen molar-refractivity contribution in [1.82, 2.24) is 16.0 Å². The summed E-state index contributed by atoms with van der Waals surface area (Å²) in [6.45, 7) is 3.26. The number of hydrogen-bond acceptors (Lipinski definition) is 3. The van der Waals surface area contributed by atoms with E-state index < -0.39 is 0 Å². The molecular formula is C13H19N3O2. The molecule has 1 aromatic rings. The zero-order valence-corrected chi connectivity index (χ0v) is 10.7. The van der Waals surface area contributed by atoms with Crippen LogP contribution in [0.2, 0.25) is 0 Å². The quantitative estimate of drug-likeness (QED) is 0.678. The van der Waals surface area contributed by atoms with Gasteiger partial charge in [-0.25, -0.2) is 0 Å². The van der Waals surface area contributed by atoms with E-state index in [4.69, 9.17) is 0 Å². The van der Waals surface area contributed by atoms with Crippen LogP contribution in [0.15, 0.2) is 24.3 Å². The van der Waals surface area contributed by atoms with E-state index >= 15 is 0 Å². The summed E-state index contributed by atoms with van der Waals surface area (Å²) < 4.78 is 0. The third kappa shape index (κ3) is 4.55. The monoisotopic (exact) mass is 249 g/mol. The van der Waals surface area contributed by atoms with Gasteiger partial charge in [-0.05, 0) is 31.7 Å². The Morgan fingerprint density at radius 1 is 1.11 bits per heavy atom. The van der Waals surface area contributed by atoms with Crippen molar-refractivity contribution in [2.45, 2.75) is 13.5 Å². The van der Waals surface area contributed by atoms with Crippen molar-refractivity contribution in [3.05, 3.63) is 35.4 Å². The summed E-state index contributed by atoms with van der Waals surface area (Å²) in [7, 11) is 1.72. The third-order valence-corrected chi connectivity index (χ3v) is 2.38. The minimum atomic E-state index is -0.0803. The Balaban J connectivity index is 2.50. The first-order valence-corrected chi connectivity index (χ1v) is 5.95. The van der Waals surface area contributed by atoms with Gasteiger partial charge in [0.1, 0.15) is 0 Å². The van der Waals surface area contributed by atoms with Crippen molar-refractivity contribution in [2.24, 2.45) is 0 Å². The molecule has 3 N–H and O–H groups in total. The van der Waals surface area contributed by atoms with Gasteiger partial charge in [0, 0.05) is 18.7 Å². The Morgan fingerprint density at radius 2 is 1.78 bits per heavy atom. The van der Waals surface area contributed by atoms with Gasteiger partial charge < -0.3 is 16.0 Å². The lowest BCUT2D eigenvalue weighted by molar-refractivity contribution is -0.120. The fourth-order valence-electron chi connectivity index (χ4n) is 1.46. The topological polar surface area (TPSA) is 70.2 Å². The minimum absolute atomic E-state index is 0.0506. The number of carbonyl (C=O) groups is 2. The standard InChI is InChI=1S/C13H19N3O2/c1-3-15-13(18)11-6-4-10(5-7-11)8-16-12(17)9-14-2/h4-7,14H,3,8-9H2,1-2H3,(H,15,18)(H,16,17). The number of amides is 2. The van der Waals surface area contributed by atoms with Crippen LogP contribution in [0.25, 0.3) is 0 Å². The molecule has 0 saturated heterocycles. The van der Waals surface area contributed by atoms with Crippen LogP contribution in [-0.4, -0.2) is 32.0 Å². The minimum Gasteiger partial charge on any atom is -0.352 e. The van der Waals surface area contributed by atoms with Crippen LogP contribution in [0.4, 0.5) is 0 Å². The molecule has 0 aliphatic carbocycles. The summed E-state index contributed by atoms with van der Waals surface area (Å²) >= 11 is 0. The van der Waals surface area contributed by atoms with Crippen molar-refractivity contribution < 1.29 is 9.59 Å². The smallest absolute Gasteiger partial charge is 0.251 e. The van der Waals surface area contributed by atoms with E-state index in [9.17, 15) is 9.59 Å². The van der Waals surface area contributed by atoms with Crippen LogP contribution in [0.3, 0.4) is 0 Å². The van der Waals surface area contributed by atoms with E-state index in [-0.39, 0.29) is 11.8 Å². The molecule has 5 nitrogen and oxygen atoms in total. The molecule has 0 bridgehead atoms. The van der Waals surface area contributed by atoms with E-state index in [1.807, 2.05) is 19.1 Å². The molecule has 1 aromatic carbocycles. The van der Waals surface area contributed by atoms with Gasteiger partial charge >= 0.3 is 0 Å². The van der Waals surface area contributed by atoms with Crippen LogP contribution in [-0.2, 0) is 11.3 Å². The van der Waals surface area contributed by atoms with Crippen molar-refractivity contribution in [3.8, 4) is 0 Å². The average molecular weight is 249 g/mol. The SMILES string of the molecule is CCNC(=O)c1ccc(CNC(=O)CNC)cc1. The van der Waals surface area contributed by atoms with Crippen LogP contribution in [0.1, 0.15) is 22.8 Å². The molecular weight excluding hydrogens is 230 g/mol. The summed E-state index contributed by atoms with van der Waals surface area (Å²) in [5.41, 5.74) is 1.59. The van der Waals surface area contributed by atoms with E-state index in [1.54, 1.807) is 19.2 Å². The molecule has 18 heavy (non-hydrogen) atoms. The lowest BCUT2D eigenvalue weighted by Crippen LogP contribution is -2.31. The number of nitrogens with one attached hydrogen (secondary N) is 3. The molecule has 0 atom stereocenters. The molecule has 98 valence electrons. The fraction of sp³-hybridized carbons (Fsp3) is 0.385. The highest BCUT2D eigenvalue weighted by atomic mass is 16.2. The zero-order valence-electron chi connectivity index (χ0n) is 10.7. The Bertz CT molecular complexity index is 401. The predicted molar refractivity (Wildman–Crippen MR) is 70.2 cm³/mol. The second-order valence-electron chi connectivity index (χ2n) is 3.86. The Morgan fingerprint density at radius 3 is 2.33 bits per heavy atom. The first-order valence-electron chi connectivity index (χ1n) is 5.95. The lowest BCUT2D eigenvalue weighted by atomic mass is 10.1. The maximum absolute atomic E-state index is 11.5. The fourth-order valence-corrected chi connectivity index (χ4v) is 1.46. The average Bonchev–Trinajstić information content (AvgIpc) is 2.37. The van der Waals surface area contributed by atoms with E-state index in [2.05, 4.69) is 16.0 Å². The van der Waals surface area contributed by atoms with Gasteiger partial charge in [0.25, 0.3) is 5.91 Å². The number of carbonyl (C=O) groups excluding carboxylic acids is 2. The lowest BCUT2D eigenvalue weighted by Gasteiger charge is -2.06. The van der Waals surface area contributed by atoms with E-state index in [0.29, 0.717) is 25.2 Å². The van der Waals surface area contributed by atoms with E-state index in [1.165, 1.54) is 0 Å². The highest BCUT2D eigenvalue weighted by Gasteiger charge is 2.04. The summed E-state index contributed by atoms with van der Waals surface area (Å²) in [6, 6.07) is 7.18. The Labute approximate surface area is 107 Å². The summed E-state index contributed by atoms with van der Waals surface area (Å²) in [4.78, 5) is 22.8. The van der Waals surface area contributed by atoms with Gasteiger partial charge in [-0.2, -0.15) is 0 Å². The second kappa shape index (κ2) is 7.45. The maximum Gasteiger partial charge on any atom is 0.251 e. The van der Waals surface area contributed by atoms with Gasteiger partial charge in [0.2, 0.25) is 5.91 Å². The third-order valence-electron chi connectivity index (χ3n) is 2.38. The maximum atomic E-state index is 11.5. The van der Waals surface area contributed by atoms with Crippen molar-refractivity contribution in [1.29, 1.82) is 0 Å².